The van der Waals surface area contributed by atoms with E-state index in [9.17, 15) is 0 Å². The molecule has 0 amide bonds. The molecule has 2 aromatic rings. The molecule has 0 aliphatic rings. The molecule has 0 aliphatic heterocycles. The monoisotopic (exact) mass is 239 g/mol. The first-order chi connectivity index (χ1) is 8.79. The van der Waals surface area contributed by atoms with Crippen LogP contribution in [0, 0.1) is 0 Å². The lowest BCUT2D eigenvalue weighted by atomic mass is 10.0. The summed E-state index contributed by atoms with van der Waals surface area (Å²) in [7, 11) is 2.02. The van der Waals surface area contributed by atoms with E-state index in [4.69, 9.17) is 0 Å². The minimum atomic E-state index is 0.582. The normalized spacial score (nSPS) is 12.3. The molecule has 2 rings (SSSR count). The molecule has 0 saturated carbocycles. The van der Waals surface area contributed by atoms with Gasteiger partial charge in [-0.2, -0.15) is 0 Å². The van der Waals surface area contributed by atoms with E-state index in [1.165, 1.54) is 23.1 Å². The topological polar surface area (TPSA) is 12.0 Å². The van der Waals surface area contributed by atoms with Crippen LogP contribution in [0.5, 0.6) is 0 Å². The molecule has 1 heteroatoms. The van der Waals surface area contributed by atoms with Crippen molar-refractivity contribution in [1.29, 1.82) is 0 Å². The minimum Gasteiger partial charge on any atom is -0.317 e. The molecule has 1 N–H and O–H groups in total. The molecule has 0 spiro atoms. The van der Waals surface area contributed by atoms with Crippen molar-refractivity contribution in [1.82, 2.24) is 5.32 Å². The van der Waals surface area contributed by atoms with Gasteiger partial charge in [-0.25, -0.2) is 0 Å². The Bertz CT molecular complexity index is 459. The van der Waals surface area contributed by atoms with Crippen LogP contribution in [0.1, 0.15) is 18.9 Å². The molecule has 0 bridgehead atoms. The van der Waals surface area contributed by atoms with Crippen molar-refractivity contribution >= 4 is 0 Å². The summed E-state index contributed by atoms with van der Waals surface area (Å²) in [6.45, 7) is 2.22. The molecule has 0 radical (unpaired) electrons. The number of hydrogen-bond acceptors (Lipinski definition) is 1. The SMILES string of the molecule is CNC(C)CCc1ccc(-c2ccccc2)cc1. The summed E-state index contributed by atoms with van der Waals surface area (Å²) in [6.07, 6.45) is 2.32. The lowest BCUT2D eigenvalue weighted by Gasteiger charge is -2.10. The quantitative estimate of drug-likeness (QED) is 0.834. The van der Waals surface area contributed by atoms with Gasteiger partial charge in [-0.05, 0) is 43.5 Å². The van der Waals surface area contributed by atoms with E-state index in [0.29, 0.717) is 6.04 Å². The summed E-state index contributed by atoms with van der Waals surface area (Å²) in [5, 5.41) is 3.27. The summed E-state index contributed by atoms with van der Waals surface area (Å²) in [5.74, 6) is 0. The van der Waals surface area contributed by atoms with Crippen LogP contribution in [0.2, 0.25) is 0 Å². The van der Waals surface area contributed by atoms with Crippen LogP contribution >= 0.6 is 0 Å². The lowest BCUT2D eigenvalue weighted by Crippen LogP contribution is -2.21. The Labute approximate surface area is 110 Å². The van der Waals surface area contributed by atoms with E-state index in [1.807, 2.05) is 7.05 Å². The van der Waals surface area contributed by atoms with Crippen molar-refractivity contribution in [2.75, 3.05) is 7.05 Å². The molecule has 18 heavy (non-hydrogen) atoms. The number of benzene rings is 2. The van der Waals surface area contributed by atoms with E-state index in [2.05, 4.69) is 66.8 Å². The molecule has 2 aromatic carbocycles. The van der Waals surface area contributed by atoms with E-state index < -0.39 is 0 Å². The zero-order valence-electron chi connectivity index (χ0n) is 11.2. The molecule has 1 nitrogen and oxygen atoms in total. The van der Waals surface area contributed by atoms with Gasteiger partial charge in [0.2, 0.25) is 0 Å². The Kier molecular flexibility index (Phi) is 4.54. The predicted molar refractivity (Wildman–Crippen MR) is 78.7 cm³/mol. The summed E-state index contributed by atoms with van der Waals surface area (Å²) >= 11 is 0. The highest BCUT2D eigenvalue weighted by molar-refractivity contribution is 5.63. The molecular weight excluding hydrogens is 218 g/mol. The van der Waals surface area contributed by atoms with Crippen LogP contribution in [0.25, 0.3) is 11.1 Å². The number of hydrogen-bond donors (Lipinski definition) is 1. The van der Waals surface area contributed by atoms with E-state index in [0.717, 1.165) is 6.42 Å². The van der Waals surface area contributed by atoms with Crippen molar-refractivity contribution in [3.05, 3.63) is 60.2 Å². The first-order valence-corrected chi connectivity index (χ1v) is 6.61. The standard InChI is InChI=1S/C17H21N/c1-14(18-2)8-9-15-10-12-17(13-11-15)16-6-4-3-5-7-16/h3-7,10-14,18H,8-9H2,1-2H3. The Morgan fingerprint density at radius 2 is 1.50 bits per heavy atom. The zero-order valence-corrected chi connectivity index (χ0v) is 11.2. The smallest absolute Gasteiger partial charge is 0.00388 e. The predicted octanol–water partition coefficient (Wildman–Crippen LogP) is 3.89. The highest BCUT2D eigenvalue weighted by Gasteiger charge is 2.00. The Morgan fingerprint density at radius 1 is 0.889 bits per heavy atom. The summed E-state index contributed by atoms with van der Waals surface area (Å²) in [5.41, 5.74) is 3.99. The van der Waals surface area contributed by atoms with Gasteiger partial charge >= 0.3 is 0 Å². The van der Waals surface area contributed by atoms with E-state index in [1.54, 1.807) is 0 Å². The van der Waals surface area contributed by atoms with Crippen molar-refractivity contribution in [2.24, 2.45) is 0 Å². The van der Waals surface area contributed by atoms with Gasteiger partial charge in [-0.15, -0.1) is 0 Å². The average Bonchev–Trinajstić information content (AvgIpc) is 2.46. The summed E-state index contributed by atoms with van der Waals surface area (Å²) < 4.78 is 0. The van der Waals surface area contributed by atoms with Gasteiger partial charge in [0.1, 0.15) is 0 Å². The van der Waals surface area contributed by atoms with Gasteiger partial charge in [0.05, 0.1) is 0 Å². The fraction of sp³-hybridized carbons (Fsp3) is 0.294. The van der Waals surface area contributed by atoms with Gasteiger partial charge in [0.15, 0.2) is 0 Å². The molecule has 0 aromatic heterocycles. The summed E-state index contributed by atoms with van der Waals surface area (Å²) in [6, 6.07) is 20.0. The van der Waals surface area contributed by atoms with Crippen LogP contribution in [0.4, 0.5) is 0 Å². The maximum Gasteiger partial charge on any atom is 0.00388 e. The molecule has 1 unspecified atom stereocenters. The molecule has 94 valence electrons. The van der Waals surface area contributed by atoms with Crippen molar-refractivity contribution in [3.63, 3.8) is 0 Å². The van der Waals surface area contributed by atoms with Crippen LogP contribution < -0.4 is 5.32 Å². The molecule has 0 saturated heterocycles. The third-order valence-corrected chi connectivity index (χ3v) is 3.42. The lowest BCUT2D eigenvalue weighted by molar-refractivity contribution is 0.565. The first-order valence-electron chi connectivity index (χ1n) is 6.61. The Balaban J connectivity index is 2.02. The van der Waals surface area contributed by atoms with E-state index >= 15 is 0 Å². The molecule has 0 fully saturated rings. The molecule has 0 aliphatic carbocycles. The second-order valence-corrected chi connectivity index (χ2v) is 4.79. The third-order valence-electron chi connectivity index (χ3n) is 3.42. The van der Waals surface area contributed by atoms with Crippen LogP contribution in [0.3, 0.4) is 0 Å². The summed E-state index contributed by atoms with van der Waals surface area (Å²) in [4.78, 5) is 0. The number of rotatable bonds is 5. The van der Waals surface area contributed by atoms with Gasteiger partial charge in [0, 0.05) is 6.04 Å². The first kappa shape index (κ1) is 12.8. The Hall–Kier alpha value is -1.60. The highest BCUT2D eigenvalue weighted by atomic mass is 14.8. The third kappa shape index (κ3) is 3.44. The highest BCUT2D eigenvalue weighted by Crippen LogP contribution is 2.19. The van der Waals surface area contributed by atoms with Gasteiger partial charge in [-0.3, -0.25) is 0 Å². The second-order valence-electron chi connectivity index (χ2n) is 4.79. The molecular formula is C17H21N. The second kappa shape index (κ2) is 6.36. The molecule has 1 atom stereocenters. The minimum absolute atomic E-state index is 0.582. The van der Waals surface area contributed by atoms with Gasteiger partial charge in [0.25, 0.3) is 0 Å². The van der Waals surface area contributed by atoms with Gasteiger partial charge < -0.3 is 5.32 Å². The fourth-order valence-electron chi connectivity index (χ4n) is 2.02. The zero-order chi connectivity index (χ0) is 12.8. The van der Waals surface area contributed by atoms with Crippen LogP contribution in [-0.2, 0) is 6.42 Å². The number of aryl methyl sites for hydroxylation is 1. The van der Waals surface area contributed by atoms with Gasteiger partial charge in [-0.1, -0.05) is 54.6 Å². The maximum atomic E-state index is 3.27. The molecule has 0 heterocycles. The Morgan fingerprint density at radius 3 is 2.11 bits per heavy atom. The van der Waals surface area contributed by atoms with Crippen molar-refractivity contribution < 1.29 is 0 Å². The van der Waals surface area contributed by atoms with Crippen LogP contribution in [0.15, 0.2) is 54.6 Å². The van der Waals surface area contributed by atoms with Crippen molar-refractivity contribution in [3.8, 4) is 11.1 Å². The van der Waals surface area contributed by atoms with Crippen LogP contribution in [-0.4, -0.2) is 13.1 Å². The largest absolute Gasteiger partial charge is 0.317 e. The average molecular weight is 239 g/mol. The number of nitrogens with one attached hydrogen (secondary N) is 1. The van der Waals surface area contributed by atoms with Crippen molar-refractivity contribution in [2.45, 2.75) is 25.8 Å². The van der Waals surface area contributed by atoms with E-state index in [-0.39, 0.29) is 0 Å². The fourth-order valence-corrected chi connectivity index (χ4v) is 2.02. The maximum absolute atomic E-state index is 3.27.